The normalized spacial score (nSPS) is 10.8. The van der Waals surface area contributed by atoms with Crippen molar-refractivity contribution in [2.75, 3.05) is 7.05 Å². The van der Waals surface area contributed by atoms with Gasteiger partial charge in [0.15, 0.2) is 5.69 Å². The van der Waals surface area contributed by atoms with Crippen molar-refractivity contribution in [3.63, 3.8) is 0 Å². The molecule has 0 bridgehead atoms. The molecule has 24 heavy (non-hydrogen) atoms. The number of rotatable bonds is 3. The zero-order valence-corrected chi connectivity index (χ0v) is 14.1. The summed E-state index contributed by atoms with van der Waals surface area (Å²) in [5, 5.41) is 5.80. The second kappa shape index (κ2) is 6.45. The molecular weight excluding hydrogens is 326 g/mol. The number of aryl methyl sites for hydroxylation is 1. The number of benzene rings is 2. The highest BCUT2D eigenvalue weighted by Crippen LogP contribution is 2.19. The van der Waals surface area contributed by atoms with Gasteiger partial charge in [-0.25, -0.2) is 4.68 Å². The summed E-state index contributed by atoms with van der Waals surface area (Å²) in [6.45, 7) is 0.358. The molecule has 0 atom stereocenters. The van der Waals surface area contributed by atoms with E-state index in [1.54, 1.807) is 49.3 Å². The van der Waals surface area contributed by atoms with Crippen molar-refractivity contribution >= 4 is 28.3 Å². The van der Waals surface area contributed by atoms with Gasteiger partial charge < -0.3 is 4.90 Å². The van der Waals surface area contributed by atoms with E-state index in [-0.39, 0.29) is 17.2 Å². The maximum absolute atomic E-state index is 12.8. The third-order valence-corrected chi connectivity index (χ3v) is 4.24. The van der Waals surface area contributed by atoms with E-state index in [2.05, 4.69) is 5.10 Å². The molecule has 122 valence electrons. The highest BCUT2D eigenvalue weighted by atomic mass is 35.5. The Morgan fingerprint density at radius 3 is 2.46 bits per heavy atom. The third kappa shape index (κ3) is 2.90. The van der Waals surface area contributed by atoms with Crippen LogP contribution in [0.4, 0.5) is 0 Å². The van der Waals surface area contributed by atoms with Crippen molar-refractivity contribution in [3.05, 3.63) is 75.2 Å². The smallest absolute Gasteiger partial charge is 0.274 e. The van der Waals surface area contributed by atoms with Crippen molar-refractivity contribution in [2.24, 2.45) is 7.05 Å². The maximum Gasteiger partial charge on any atom is 0.274 e. The van der Waals surface area contributed by atoms with Gasteiger partial charge in [-0.15, -0.1) is 0 Å². The molecule has 0 aliphatic carbocycles. The Labute approximate surface area is 144 Å². The molecule has 6 heteroatoms. The van der Waals surface area contributed by atoms with Gasteiger partial charge in [0.1, 0.15) is 0 Å². The molecule has 0 fully saturated rings. The second-order valence-corrected chi connectivity index (χ2v) is 5.98. The average Bonchev–Trinajstić information content (AvgIpc) is 2.59. The van der Waals surface area contributed by atoms with E-state index >= 15 is 0 Å². The standard InChI is InChI=1S/C18H16ClN3O2/c1-21(11-12-7-3-6-10-15(12)19)18(24)16-13-8-4-5-9-14(13)17(23)22(2)20-16/h3-10H,11H2,1-2H3. The van der Waals surface area contributed by atoms with Gasteiger partial charge in [-0.05, 0) is 17.7 Å². The van der Waals surface area contributed by atoms with E-state index < -0.39 is 0 Å². The van der Waals surface area contributed by atoms with Crippen molar-refractivity contribution in [3.8, 4) is 0 Å². The summed E-state index contributed by atoms with van der Waals surface area (Å²) in [5.74, 6) is -0.262. The Hall–Kier alpha value is -2.66. The molecule has 0 aliphatic rings. The molecule has 0 spiro atoms. The molecule has 0 radical (unpaired) electrons. The fourth-order valence-corrected chi connectivity index (χ4v) is 2.79. The number of aromatic nitrogens is 2. The largest absolute Gasteiger partial charge is 0.336 e. The van der Waals surface area contributed by atoms with Crippen LogP contribution in [0, 0.1) is 0 Å². The quantitative estimate of drug-likeness (QED) is 0.736. The van der Waals surface area contributed by atoms with E-state index in [9.17, 15) is 9.59 Å². The molecular formula is C18H16ClN3O2. The van der Waals surface area contributed by atoms with Crippen LogP contribution in [0.15, 0.2) is 53.3 Å². The lowest BCUT2D eigenvalue weighted by molar-refractivity contribution is 0.0779. The van der Waals surface area contributed by atoms with E-state index in [1.165, 1.54) is 4.68 Å². The predicted molar refractivity (Wildman–Crippen MR) is 94.2 cm³/mol. The highest BCUT2D eigenvalue weighted by molar-refractivity contribution is 6.31. The number of carbonyl (C=O) groups is 1. The zero-order valence-electron chi connectivity index (χ0n) is 13.4. The lowest BCUT2D eigenvalue weighted by Gasteiger charge is -2.18. The van der Waals surface area contributed by atoms with Gasteiger partial charge in [-0.2, -0.15) is 5.10 Å². The van der Waals surface area contributed by atoms with Gasteiger partial charge in [0.2, 0.25) is 0 Å². The van der Waals surface area contributed by atoms with Crippen molar-refractivity contribution in [1.29, 1.82) is 0 Å². The van der Waals surface area contributed by atoms with Crippen LogP contribution in [0.2, 0.25) is 5.02 Å². The molecule has 2 aromatic carbocycles. The molecule has 1 amide bonds. The van der Waals surface area contributed by atoms with Crippen LogP contribution < -0.4 is 5.56 Å². The SMILES string of the molecule is CN(Cc1ccccc1Cl)C(=O)c1nn(C)c(=O)c2ccccc12. The fourth-order valence-electron chi connectivity index (χ4n) is 2.59. The zero-order chi connectivity index (χ0) is 17.3. The van der Waals surface area contributed by atoms with Gasteiger partial charge in [-0.1, -0.05) is 48.0 Å². The number of carbonyl (C=O) groups excluding carboxylic acids is 1. The first-order valence-corrected chi connectivity index (χ1v) is 7.81. The first-order chi connectivity index (χ1) is 11.5. The van der Waals surface area contributed by atoms with Crippen LogP contribution in [0.3, 0.4) is 0 Å². The van der Waals surface area contributed by atoms with Crippen LogP contribution in [0.5, 0.6) is 0 Å². The number of hydrogen-bond donors (Lipinski definition) is 0. The molecule has 0 unspecified atom stereocenters. The molecule has 0 saturated carbocycles. The van der Waals surface area contributed by atoms with Crippen molar-refractivity contribution < 1.29 is 4.79 Å². The number of halogens is 1. The van der Waals surface area contributed by atoms with Crippen LogP contribution in [0.25, 0.3) is 10.8 Å². The Morgan fingerprint density at radius 2 is 1.75 bits per heavy atom. The average molecular weight is 342 g/mol. The molecule has 1 heterocycles. The van der Waals surface area contributed by atoms with Gasteiger partial charge in [-0.3, -0.25) is 9.59 Å². The molecule has 0 aliphatic heterocycles. The van der Waals surface area contributed by atoms with Crippen LogP contribution >= 0.6 is 11.6 Å². The van der Waals surface area contributed by atoms with E-state index in [1.807, 2.05) is 18.2 Å². The first-order valence-electron chi connectivity index (χ1n) is 7.44. The van der Waals surface area contributed by atoms with Gasteiger partial charge in [0.25, 0.3) is 11.5 Å². The predicted octanol–water partition coefficient (Wildman–Crippen LogP) is 2.86. The van der Waals surface area contributed by atoms with Crippen LogP contribution in [-0.4, -0.2) is 27.6 Å². The minimum absolute atomic E-state index is 0.226. The van der Waals surface area contributed by atoms with Crippen molar-refractivity contribution in [1.82, 2.24) is 14.7 Å². The monoisotopic (exact) mass is 341 g/mol. The van der Waals surface area contributed by atoms with Crippen molar-refractivity contribution in [2.45, 2.75) is 6.54 Å². The number of nitrogens with zero attached hydrogens (tertiary/aromatic N) is 3. The van der Waals surface area contributed by atoms with Gasteiger partial charge in [0.05, 0.1) is 5.39 Å². The summed E-state index contributed by atoms with van der Waals surface area (Å²) in [6, 6.07) is 14.4. The summed E-state index contributed by atoms with van der Waals surface area (Å²) >= 11 is 6.16. The first kappa shape index (κ1) is 16.2. The maximum atomic E-state index is 12.8. The lowest BCUT2D eigenvalue weighted by atomic mass is 10.1. The summed E-state index contributed by atoms with van der Waals surface area (Å²) in [4.78, 5) is 26.6. The summed E-state index contributed by atoms with van der Waals surface area (Å²) < 4.78 is 1.19. The topological polar surface area (TPSA) is 55.2 Å². The molecule has 3 aromatic rings. The summed E-state index contributed by atoms with van der Waals surface area (Å²) in [6.07, 6.45) is 0. The van der Waals surface area contributed by atoms with E-state index in [0.717, 1.165) is 5.56 Å². The summed E-state index contributed by atoms with van der Waals surface area (Å²) in [5.41, 5.74) is 0.877. The Balaban J connectivity index is 2.01. The Morgan fingerprint density at radius 1 is 1.12 bits per heavy atom. The minimum Gasteiger partial charge on any atom is -0.336 e. The number of fused-ring (bicyclic) bond motifs is 1. The molecule has 0 saturated heterocycles. The van der Waals surface area contributed by atoms with E-state index in [0.29, 0.717) is 22.3 Å². The molecule has 5 nitrogen and oxygen atoms in total. The number of amides is 1. The second-order valence-electron chi connectivity index (χ2n) is 5.58. The highest BCUT2D eigenvalue weighted by Gasteiger charge is 2.19. The van der Waals surface area contributed by atoms with Gasteiger partial charge in [0, 0.05) is 31.0 Å². The van der Waals surface area contributed by atoms with Crippen LogP contribution in [-0.2, 0) is 13.6 Å². The molecule has 3 rings (SSSR count). The Kier molecular flexibility index (Phi) is 4.36. The lowest BCUT2D eigenvalue weighted by Crippen LogP contribution is -2.31. The van der Waals surface area contributed by atoms with E-state index in [4.69, 9.17) is 11.6 Å². The molecule has 0 N–H and O–H groups in total. The summed E-state index contributed by atoms with van der Waals surface area (Å²) in [7, 11) is 3.23. The third-order valence-electron chi connectivity index (χ3n) is 3.87. The number of hydrogen-bond acceptors (Lipinski definition) is 3. The molecule has 1 aromatic heterocycles. The minimum atomic E-state index is -0.262. The fraction of sp³-hybridized carbons (Fsp3) is 0.167. The van der Waals surface area contributed by atoms with Crippen LogP contribution in [0.1, 0.15) is 16.1 Å². The Bertz CT molecular complexity index is 981. The van der Waals surface area contributed by atoms with Gasteiger partial charge >= 0.3 is 0 Å².